The Balaban J connectivity index is 1.68. The van der Waals surface area contributed by atoms with E-state index in [1.165, 1.54) is 30.3 Å². The Hall–Kier alpha value is -3.70. The average molecular weight is 516 g/mol. The van der Waals surface area contributed by atoms with Gasteiger partial charge in [0, 0.05) is 10.2 Å². The fraction of sp³-hybridized carbons (Fsp3) is 0. The van der Waals surface area contributed by atoms with Gasteiger partial charge in [0.15, 0.2) is 11.3 Å². The first-order valence-electron chi connectivity index (χ1n) is 9.06. The first kappa shape index (κ1) is 21.5. The van der Waals surface area contributed by atoms with E-state index in [9.17, 15) is 23.1 Å². The van der Waals surface area contributed by atoms with Crippen LogP contribution >= 0.6 is 15.9 Å². The largest absolute Gasteiger partial charge is 0.478 e. The van der Waals surface area contributed by atoms with Crippen molar-refractivity contribution in [3.05, 3.63) is 82.5 Å². The Labute approximate surface area is 190 Å². The number of nitrogens with one attached hydrogen (secondary N) is 2. The number of para-hydroxylation sites is 1. The smallest absolute Gasteiger partial charge is 0.337 e. The summed E-state index contributed by atoms with van der Waals surface area (Å²) < 4.78 is 33.6. The zero-order chi connectivity index (χ0) is 22.9. The van der Waals surface area contributed by atoms with Gasteiger partial charge >= 0.3 is 5.97 Å². The van der Waals surface area contributed by atoms with Crippen molar-refractivity contribution in [2.24, 2.45) is 0 Å². The maximum atomic E-state index is 12.8. The van der Waals surface area contributed by atoms with Gasteiger partial charge in [-0.3, -0.25) is 9.52 Å². The van der Waals surface area contributed by atoms with E-state index in [4.69, 9.17) is 4.52 Å². The molecule has 4 aromatic rings. The normalized spacial score (nSPS) is 11.3. The molecule has 0 spiro atoms. The SMILES string of the molecule is O=C(O)c1cc(Br)ccc1NC(=O)c1noc2ccc(S(=O)(=O)Nc3ccccc3)cc12. The molecule has 0 saturated carbocycles. The maximum Gasteiger partial charge on any atom is 0.337 e. The average Bonchev–Trinajstić information content (AvgIpc) is 3.19. The Bertz CT molecular complexity index is 1450. The lowest BCUT2D eigenvalue weighted by molar-refractivity contribution is 0.0698. The Morgan fingerprint density at radius 3 is 2.47 bits per heavy atom. The summed E-state index contributed by atoms with van der Waals surface area (Å²) in [5, 5.41) is 15.7. The number of aromatic nitrogens is 1. The molecule has 32 heavy (non-hydrogen) atoms. The lowest BCUT2D eigenvalue weighted by atomic mass is 10.1. The number of halogens is 1. The zero-order valence-electron chi connectivity index (χ0n) is 16.1. The van der Waals surface area contributed by atoms with Crippen LogP contribution < -0.4 is 10.0 Å². The summed E-state index contributed by atoms with van der Waals surface area (Å²) in [6.07, 6.45) is 0. The number of benzene rings is 3. The van der Waals surface area contributed by atoms with E-state index in [2.05, 4.69) is 31.1 Å². The summed E-state index contributed by atoms with van der Waals surface area (Å²) in [5.74, 6) is -1.98. The van der Waals surface area contributed by atoms with Crippen molar-refractivity contribution in [2.45, 2.75) is 4.90 Å². The number of hydrogen-bond donors (Lipinski definition) is 3. The maximum absolute atomic E-state index is 12.8. The summed E-state index contributed by atoms with van der Waals surface area (Å²) in [5.41, 5.74) is 0.318. The number of aromatic carboxylic acids is 1. The van der Waals surface area contributed by atoms with E-state index in [-0.39, 0.29) is 32.8 Å². The van der Waals surface area contributed by atoms with E-state index >= 15 is 0 Å². The third-order valence-corrected chi connectivity index (χ3v) is 6.33. The number of sulfonamides is 1. The van der Waals surface area contributed by atoms with Crippen molar-refractivity contribution >= 4 is 60.2 Å². The molecule has 3 aromatic carbocycles. The van der Waals surface area contributed by atoms with Gasteiger partial charge in [0.2, 0.25) is 0 Å². The third kappa shape index (κ3) is 4.34. The fourth-order valence-electron chi connectivity index (χ4n) is 2.95. The Morgan fingerprint density at radius 2 is 1.75 bits per heavy atom. The van der Waals surface area contributed by atoms with E-state index in [1.54, 1.807) is 36.4 Å². The quantitative estimate of drug-likeness (QED) is 0.347. The number of hydrogen-bond acceptors (Lipinski definition) is 6. The molecule has 9 nitrogen and oxygen atoms in total. The number of carbonyl (C=O) groups is 2. The molecule has 162 valence electrons. The molecular weight excluding hydrogens is 502 g/mol. The highest BCUT2D eigenvalue weighted by molar-refractivity contribution is 9.10. The summed E-state index contributed by atoms with van der Waals surface area (Å²) in [6, 6.07) is 16.7. The van der Waals surface area contributed by atoms with Gasteiger partial charge < -0.3 is 14.9 Å². The second-order valence-corrected chi connectivity index (χ2v) is 9.21. The molecule has 11 heteroatoms. The summed E-state index contributed by atoms with van der Waals surface area (Å²) in [4.78, 5) is 24.2. The third-order valence-electron chi connectivity index (χ3n) is 4.45. The fourth-order valence-corrected chi connectivity index (χ4v) is 4.40. The molecule has 0 radical (unpaired) electrons. The number of amides is 1. The van der Waals surface area contributed by atoms with Crippen molar-refractivity contribution in [2.75, 3.05) is 10.0 Å². The predicted molar refractivity (Wildman–Crippen MR) is 120 cm³/mol. The highest BCUT2D eigenvalue weighted by Gasteiger charge is 2.22. The van der Waals surface area contributed by atoms with Crippen LogP contribution in [0.5, 0.6) is 0 Å². The van der Waals surface area contributed by atoms with Crippen LogP contribution in [0, 0.1) is 0 Å². The molecule has 1 amide bonds. The lowest BCUT2D eigenvalue weighted by Gasteiger charge is -2.09. The van der Waals surface area contributed by atoms with E-state index in [1.807, 2.05) is 0 Å². The number of nitrogens with zero attached hydrogens (tertiary/aromatic N) is 1. The molecule has 0 saturated heterocycles. The van der Waals surface area contributed by atoms with E-state index in [0.29, 0.717) is 10.2 Å². The number of rotatable bonds is 6. The second-order valence-electron chi connectivity index (χ2n) is 6.61. The molecule has 1 aromatic heterocycles. The van der Waals surface area contributed by atoms with Crippen LogP contribution in [-0.2, 0) is 10.0 Å². The lowest BCUT2D eigenvalue weighted by Crippen LogP contribution is -2.16. The molecular formula is C21H14BrN3O6S. The van der Waals surface area contributed by atoms with Gasteiger partial charge in [-0.2, -0.15) is 0 Å². The number of anilines is 2. The summed E-state index contributed by atoms with van der Waals surface area (Å²) in [6.45, 7) is 0. The molecule has 0 aliphatic rings. The monoisotopic (exact) mass is 515 g/mol. The molecule has 4 rings (SSSR count). The molecule has 0 fully saturated rings. The van der Waals surface area contributed by atoms with Gasteiger partial charge in [-0.05, 0) is 48.5 Å². The number of fused-ring (bicyclic) bond motifs is 1. The van der Waals surface area contributed by atoms with Crippen LogP contribution in [0.2, 0.25) is 0 Å². The summed E-state index contributed by atoms with van der Waals surface area (Å²) >= 11 is 3.19. The van der Waals surface area contributed by atoms with Crippen LogP contribution in [0.1, 0.15) is 20.8 Å². The van der Waals surface area contributed by atoms with Gasteiger partial charge in [0.25, 0.3) is 15.9 Å². The van der Waals surface area contributed by atoms with Crippen molar-refractivity contribution in [3.63, 3.8) is 0 Å². The van der Waals surface area contributed by atoms with Gasteiger partial charge in [-0.15, -0.1) is 0 Å². The van der Waals surface area contributed by atoms with Gasteiger partial charge in [0.1, 0.15) is 0 Å². The molecule has 3 N–H and O–H groups in total. The molecule has 0 aliphatic heterocycles. The standard InChI is InChI=1S/C21H14BrN3O6S/c22-12-6-8-17(15(10-12)21(27)28)23-20(26)19-16-11-14(7-9-18(16)31-24-19)32(29,30)25-13-4-2-1-3-5-13/h1-11,25H,(H,23,26)(H,27,28). The minimum atomic E-state index is -3.94. The number of carboxylic acid groups (broad SMARTS) is 1. The number of carboxylic acids is 1. The second kappa shape index (κ2) is 8.44. The topological polar surface area (TPSA) is 139 Å². The minimum absolute atomic E-state index is 0.0522. The van der Waals surface area contributed by atoms with Crippen LogP contribution in [-0.4, -0.2) is 30.6 Å². The first-order valence-corrected chi connectivity index (χ1v) is 11.3. The van der Waals surface area contributed by atoms with E-state index in [0.717, 1.165) is 0 Å². The van der Waals surface area contributed by atoms with Crippen molar-refractivity contribution in [1.29, 1.82) is 0 Å². The zero-order valence-corrected chi connectivity index (χ0v) is 18.5. The summed E-state index contributed by atoms with van der Waals surface area (Å²) in [7, 11) is -3.94. The van der Waals surface area contributed by atoms with Crippen LogP contribution in [0.3, 0.4) is 0 Å². The molecule has 0 unspecified atom stereocenters. The van der Waals surface area contributed by atoms with E-state index < -0.39 is 21.9 Å². The predicted octanol–water partition coefficient (Wildman–Crippen LogP) is 4.34. The van der Waals surface area contributed by atoms with Gasteiger partial charge in [0.05, 0.1) is 21.5 Å². The highest BCUT2D eigenvalue weighted by Crippen LogP contribution is 2.26. The van der Waals surface area contributed by atoms with Gasteiger partial charge in [-0.25, -0.2) is 13.2 Å². The molecule has 0 atom stereocenters. The molecule has 1 heterocycles. The van der Waals surface area contributed by atoms with Crippen LogP contribution in [0.15, 0.2) is 80.6 Å². The molecule has 0 aliphatic carbocycles. The van der Waals surface area contributed by atoms with Gasteiger partial charge in [-0.1, -0.05) is 39.3 Å². The van der Waals surface area contributed by atoms with Crippen LogP contribution in [0.25, 0.3) is 11.0 Å². The minimum Gasteiger partial charge on any atom is -0.478 e. The van der Waals surface area contributed by atoms with Crippen molar-refractivity contribution in [1.82, 2.24) is 5.16 Å². The van der Waals surface area contributed by atoms with Crippen molar-refractivity contribution in [3.8, 4) is 0 Å². The number of carbonyl (C=O) groups excluding carboxylic acids is 1. The Morgan fingerprint density at radius 1 is 1.00 bits per heavy atom. The highest BCUT2D eigenvalue weighted by atomic mass is 79.9. The first-order chi connectivity index (χ1) is 15.2. The Kier molecular flexibility index (Phi) is 5.68. The molecule has 0 bridgehead atoms. The van der Waals surface area contributed by atoms with Crippen LogP contribution in [0.4, 0.5) is 11.4 Å². The van der Waals surface area contributed by atoms with Crippen molar-refractivity contribution < 1.29 is 27.6 Å².